The highest BCUT2D eigenvalue weighted by Crippen LogP contribution is 2.37. The first-order chi connectivity index (χ1) is 26.7. The maximum atomic E-state index is 13.9. The fourth-order valence-corrected chi connectivity index (χ4v) is 7.89. The lowest BCUT2D eigenvalue weighted by Gasteiger charge is -2.30. The van der Waals surface area contributed by atoms with Crippen molar-refractivity contribution in [3.63, 3.8) is 0 Å². The van der Waals surface area contributed by atoms with E-state index >= 15 is 0 Å². The molecule has 2 aliphatic heterocycles. The first-order valence-electron chi connectivity index (χ1n) is 19.3. The molecule has 11 heteroatoms. The molecule has 284 valence electrons. The number of aromatic amines is 2. The van der Waals surface area contributed by atoms with Gasteiger partial charge in [0.2, 0.25) is 18.2 Å². The van der Waals surface area contributed by atoms with Crippen molar-refractivity contribution >= 4 is 29.2 Å². The Morgan fingerprint density at radius 1 is 0.836 bits per heavy atom. The van der Waals surface area contributed by atoms with Gasteiger partial charge in [0, 0.05) is 36.0 Å². The molecule has 0 spiro atoms. The van der Waals surface area contributed by atoms with Crippen LogP contribution in [0.15, 0.2) is 84.0 Å². The number of hydrogen-bond acceptors (Lipinski definition) is 7. The number of aliphatic imine (C=N–C) groups is 1. The number of benzene rings is 3. The Hall–Kier alpha value is -5.73. The Bertz CT molecular complexity index is 2200. The average molecular weight is 740 g/mol. The topological polar surface area (TPSA) is 129 Å². The van der Waals surface area contributed by atoms with Crippen molar-refractivity contribution < 1.29 is 19.4 Å². The molecule has 0 saturated carbocycles. The van der Waals surface area contributed by atoms with Crippen molar-refractivity contribution in [1.82, 2.24) is 29.7 Å². The smallest absolute Gasteiger partial charge is 0.248 e. The summed E-state index contributed by atoms with van der Waals surface area (Å²) in [5.41, 5.74) is 6.32. The predicted molar refractivity (Wildman–Crippen MR) is 213 cm³/mol. The third-order valence-corrected chi connectivity index (χ3v) is 10.7. The van der Waals surface area contributed by atoms with Gasteiger partial charge < -0.3 is 24.7 Å². The standard InChI is InChI=1S/C44H49N7O4/c1-28(2)39(33-11-7-6-8-12-33)43(52)50-23-9-13-37(50)41-45-26-36(49-41)32-20-17-30(18-21-32)15-16-31-19-22-34-35(25-31)48-42(47-34)38-14-10-24-51(38)44(53)40(29(3)4)46-27-55-54-5/h6-8,11-12,17-22,25-29,37-40H,9-10,13-14,23-24H2,1-5H3,(H,45,49)(H,47,48)/b46-27-/t37-,38-,39+,40-/m0/s1. The minimum atomic E-state index is -0.573. The number of nitrogens with one attached hydrogen (secondary N) is 2. The zero-order chi connectivity index (χ0) is 38.5. The van der Waals surface area contributed by atoms with Crippen molar-refractivity contribution in [1.29, 1.82) is 0 Å². The maximum absolute atomic E-state index is 13.9. The Labute approximate surface area is 322 Å². The summed E-state index contributed by atoms with van der Waals surface area (Å²) in [6, 6.07) is 23.3. The van der Waals surface area contributed by atoms with Crippen LogP contribution in [-0.2, 0) is 19.4 Å². The highest BCUT2D eigenvalue weighted by atomic mass is 17.2. The molecule has 7 rings (SSSR count). The van der Waals surface area contributed by atoms with Gasteiger partial charge in [0.1, 0.15) is 17.7 Å². The van der Waals surface area contributed by atoms with E-state index in [9.17, 15) is 9.59 Å². The number of carbonyl (C=O) groups excluding carboxylic acids is 2. The largest absolute Gasteiger partial charge is 0.346 e. The molecule has 3 aromatic carbocycles. The molecule has 2 aliphatic rings. The van der Waals surface area contributed by atoms with E-state index in [1.165, 1.54) is 13.5 Å². The van der Waals surface area contributed by atoms with Crippen molar-refractivity contribution in [2.75, 3.05) is 20.2 Å². The van der Waals surface area contributed by atoms with Gasteiger partial charge in [0.25, 0.3) is 0 Å². The summed E-state index contributed by atoms with van der Waals surface area (Å²) in [6.45, 7) is 9.55. The van der Waals surface area contributed by atoms with E-state index < -0.39 is 6.04 Å². The van der Waals surface area contributed by atoms with Crippen molar-refractivity contribution in [3.05, 3.63) is 107 Å². The van der Waals surface area contributed by atoms with E-state index in [-0.39, 0.29) is 41.7 Å². The second kappa shape index (κ2) is 16.7. The van der Waals surface area contributed by atoms with Crippen LogP contribution < -0.4 is 0 Å². The first-order valence-corrected chi connectivity index (χ1v) is 19.3. The number of imidazole rings is 2. The van der Waals surface area contributed by atoms with E-state index in [4.69, 9.17) is 14.9 Å². The minimum Gasteiger partial charge on any atom is -0.346 e. The molecule has 2 N–H and O–H groups in total. The molecule has 4 heterocycles. The lowest BCUT2D eigenvalue weighted by Crippen LogP contribution is -2.40. The van der Waals surface area contributed by atoms with Crippen molar-refractivity contribution in [3.8, 4) is 23.1 Å². The minimum absolute atomic E-state index is 0.00803. The summed E-state index contributed by atoms with van der Waals surface area (Å²) in [5, 5.41) is 0. The Kier molecular flexibility index (Phi) is 11.4. The van der Waals surface area contributed by atoms with Crippen LogP contribution >= 0.6 is 0 Å². The molecule has 2 fully saturated rings. The zero-order valence-corrected chi connectivity index (χ0v) is 32.2. The number of nitrogens with zero attached hydrogens (tertiary/aromatic N) is 5. The number of rotatable bonds is 11. The second-order valence-electron chi connectivity index (χ2n) is 15.1. The van der Waals surface area contributed by atoms with Gasteiger partial charge in [0.15, 0.2) is 0 Å². The Balaban J connectivity index is 1.02. The number of likely N-dealkylation sites (tertiary alicyclic amines) is 2. The summed E-state index contributed by atoms with van der Waals surface area (Å²) in [4.78, 5) is 61.8. The number of hydrogen-bond donors (Lipinski definition) is 2. The average Bonchev–Trinajstić information content (AvgIpc) is 4.02. The Morgan fingerprint density at radius 3 is 2.20 bits per heavy atom. The molecule has 55 heavy (non-hydrogen) atoms. The maximum Gasteiger partial charge on any atom is 0.248 e. The summed E-state index contributed by atoms with van der Waals surface area (Å²) >= 11 is 0. The Morgan fingerprint density at radius 2 is 1.51 bits per heavy atom. The van der Waals surface area contributed by atoms with Gasteiger partial charge in [-0.25, -0.2) is 15.0 Å². The lowest BCUT2D eigenvalue weighted by atomic mass is 9.87. The van der Waals surface area contributed by atoms with Crippen LogP contribution in [0.25, 0.3) is 22.3 Å². The molecule has 11 nitrogen and oxygen atoms in total. The quantitative estimate of drug-likeness (QED) is 0.0469. The monoisotopic (exact) mass is 739 g/mol. The van der Waals surface area contributed by atoms with E-state index in [1.807, 2.05) is 90.5 Å². The molecular formula is C44H49N7O4. The normalized spacial score (nSPS) is 18.3. The molecule has 5 aromatic rings. The molecular weight excluding hydrogens is 691 g/mol. The molecule has 4 atom stereocenters. The number of fused-ring (bicyclic) bond motifs is 1. The molecule has 0 radical (unpaired) electrons. The molecule has 0 aliphatic carbocycles. The van der Waals surface area contributed by atoms with Gasteiger partial charge in [-0.1, -0.05) is 82.0 Å². The fraction of sp³-hybridized carbons (Fsp3) is 0.386. The summed E-state index contributed by atoms with van der Waals surface area (Å²) in [5.74, 6) is 8.28. The first kappa shape index (κ1) is 37.6. The SMILES string of the molecule is COO/C=N\[C@H](C(=O)N1CCC[C@H]1c1nc2cc(C#Cc3ccc(-c4c[nH]c([C@@H]5CCCN5C(=O)[C@@H](c5ccccc5)C(C)C)n4)cc3)ccc2[nH]1)C(C)C. The van der Waals surface area contributed by atoms with Crippen LogP contribution in [0.1, 0.15) is 99.7 Å². The summed E-state index contributed by atoms with van der Waals surface area (Å²) < 4.78 is 0. The van der Waals surface area contributed by atoms with Gasteiger partial charge in [0.05, 0.1) is 41.8 Å². The van der Waals surface area contributed by atoms with Crippen molar-refractivity contribution in [2.24, 2.45) is 16.8 Å². The van der Waals surface area contributed by atoms with E-state index in [2.05, 4.69) is 57.7 Å². The van der Waals surface area contributed by atoms with Crippen LogP contribution in [0.4, 0.5) is 0 Å². The predicted octanol–water partition coefficient (Wildman–Crippen LogP) is 7.75. The summed E-state index contributed by atoms with van der Waals surface area (Å²) in [6.07, 6.45) is 6.67. The fourth-order valence-electron chi connectivity index (χ4n) is 7.89. The van der Waals surface area contributed by atoms with Crippen molar-refractivity contribution in [2.45, 2.75) is 77.4 Å². The van der Waals surface area contributed by atoms with Crippen LogP contribution in [0, 0.1) is 23.7 Å². The third kappa shape index (κ3) is 8.20. The van der Waals surface area contributed by atoms with Crippen LogP contribution in [-0.4, -0.2) is 74.2 Å². The zero-order valence-electron chi connectivity index (χ0n) is 32.2. The molecule has 0 unspecified atom stereocenters. The van der Waals surface area contributed by atoms with E-state index in [1.54, 1.807) is 0 Å². The molecule has 2 amide bonds. The van der Waals surface area contributed by atoms with Crippen LogP contribution in [0.2, 0.25) is 0 Å². The number of amides is 2. The van der Waals surface area contributed by atoms with E-state index in [0.717, 1.165) is 82.9 Å². The van der Waals surface area contributed by atoms with E-state index in [0.29, 0.717) is 6.54 Å². The van der Waals surface area contributed by atoms with Crippen LogP contribution in [0.3, 0.4) is 0 Å². The third-order valence-electron chi connectivity index (χ3n) is 10.7. The number of aromatic nitrogens is 4. The molecule has 2 aromatic heterocycles. The van der Waals surface area contributed by atoms with Gasteiger partial charge in [-0.2, -0.15) is 4.89 Å². The van der Waals surface area contributed by atoms with Gasteiger partial charge in [-0.15, -0.1) is 0 Å². The lowest BCUT2D eigenvalue weighted by molar-refractivity contribution is -0.188. The van der Waals surface area contributed by atoms with Crippen LogP contribution in [0.5, 0.6) is 0 Å². The molecule has 0 bridgehead atoms. The second-order valence-corrected chi connectivity index (χ2v) is 15.1. The van der Waals surface area contributed by atoms with Gasteiger partial charge >= 0.3 is 0 Å². The molecule has 2 saturated heterocycles. The summed E-state index contributed by atoms with van der Waals surface area (Å²) in [7, 11) is 1.40. The number of carbonyl (C=O) groups is 2. The number of H-pyrrole nitrogens is 2. The van der Waals surface area contributed by atoms with Gasteiger partial charge in [-0.3, -0.25) is 9.59 Å². The van der Waals surface area contributed by atoms with Gasteiger partial charge in [-0.05, 0) is 73.4 Å². The highest BCUT2D eigenvalue weighted by molar-refractivity contribution is 5.85. The highest BCUT2D eigenvalue weighted by Gasteiger charge is 2.38.